The predicted molar refractivity (Wildman–Crippen MR) is 84.4 cm³/mol. The van der Waals surface area contributed by atoms with Crippen molar-refractivity contribution in [3.63, 3.8) is 0 Å². The van der Waals surface area contributed by atoms with Gasteiger partial charge < -0.3 is 10.5 Å². The van der Waals surface area contributed by atoms with E-state index in [1.54, 1.807) is 28.6 Å². The third-order valence-electron chi connectivity index (χ3n) is 4.02. The second-order valence-electron chi connectivity index (χ2n) is 5.55. The Kier molecular flexibility index (Phi) is 4.00. The van der Waals surface area contributed by atoms with Crippen molar-refractivity contribution in [2.75, 3.05) is 13.1 Å². The third kappa shape index (κ3) is 3.11. The van der Waals surface area contributed by atoms with E-state index in [4.69, 9.17) is 22.7 Å². The number of hydrogen-bond acceptors (Lipinski definition) is 4. The molecule has 2 aliphatic heterocycles. The van der Waals surface area contributed by atoms with Crippen LogP contribution in [0.2, 0.25) is 0 Å². The van der Waals surface area contributed by atoms with E-state index in [1.165, 1.54) is 0 Å². The molecule has 21 heavy (non-hydrogen) atoms. The van der Waals surface area contributed by atoms with Gasteiger partial charge in [-0.25, -0.2) is 8.42 Å². The SMILES string of the molecule is NC(=S)c1ccccc1CS(=O)(=O)N1CC2CCC(C1)O2. The molecule has 0 aromatic heterocycles. The normalized spacial score (nSPS) is 25.9. The zero-order valence-corrected chi connectivity index (χ0v) is 13.2. The van der Waals surface area contributed by atoms with Crippen molar-refractivity contribution in [2.45, 2.75) is 30.8 Å². The highest BCUT2D eigenvalue weighted by Crippen LogP contribution is 2.29. The average molecular weight is 326 g/mol. The summed E-state index contributed by atoms with van der Waals surface area (Å²) in [5, 5.41) is 0. The molecule has 2 atom stereocenters. The number of thiocarbonyl (C=S) groups is 1. The zero-order chi connectivity index (χ0) is 15.0. The van der Waals surface area contributed by atoms with Gasteiger partial charge in [0.05, 0.1) is 18.0 Å². The van der Waals surface area contributed by atoms with Gasteiger partial charge in [0.1, 0.15) is 4.99 Å². The molecule has 1 aromatic rings. The summed E-state index contributed by atoms with van der Waals surface area (Å²) < 4.78 is 32.5. The number of hydrogen-bond donors (Lipinski definition) is 1. The smallest absolute Gasteiger partial charge is 0.218 e. The number of nitrogens with two attached hydrogens (primary N) is 1. The van der Waals surface area contributed by atoms with Crippen LogP contribution in [0.25, 0.3) is 0 Å². The Labute approximate surface area is 130 Å². The Morgan fingerprint density at radius 2 is 1.90 bits per heavy atom. The Morgan fingerprint density at radius 1 is 1.29 bits per heavy atom. The molecule has 2 unspecified atom stereocenters. The maximum atomic E-state index is 12.6. The maximum Gasteiger partial charge on any atom is 0.218 e. The summed E-state index contributed by atoms with van der Waals surface area (Å²) in [6.45, 7) is 0.905. The van der Waals surface area contributed by atoms with Crippen molar-refractivity contribution in [3.8, 4) is 0 Å². The molecule has 5 nitrogen and oxygen atoms in total. The largest absolute Gasteiger partial charge is 0.389 e. The molecule has 2 aliphatic rings. The summed E-state index contributed by atoms with van der Waals surface area (Å²) >= 11 is 4.99. The lowest BCUT2D eigenvalue weighted by Gasteiger charge is -2.31. The molecule has 1 aromatic carbocycles. The first kappa shape index (κ1) is 14.9. The molecule has 2 saturated heterocycles. The Bertz CT molecular complexity index is 648. The van der Waals surface area contributed by atoms with Gasteiger partial charge in [0.2, 0.25) is 10.0 Å². The Morgan fingerprint density at radius 3 is 2.52 bits per heavy atom. The van der Waals surface area contributed by atoms with Gasteiger partial charge in [-0.3, -0.25) is 0 Å². The second-order valence-corrected chi connectivity index (χ2v) is 7.96. The summed E-state index contributed by atoms with van der Waals surface area (Å²) in [4.78, 5) is 0.225. The highest BCUT2D eigenvalue weighted by molar-refractivity contribution is 7.88. The fourth-order valence-corrected chi connectivity index (χ4v) is 4.79. The van der Waals surface area contributed by atoms with E-state index >= 15 is 0 Å². The van der Waals surface area contributed by atoms with Gasteiger partial charge in [-0.05, 0) is 18.4 Å². The molecule has 0 radical (unpaired) electrons. The summed E-state index contributed by atoms with van der Waals surface area (Å²) in [5.74, 6) is -0.0695. The van der Waals surface area contributed by atoms with Crippen LogP contribution in [0, 0.1) is 0 Å². The second kappa shape index (κ2) is 5.64. The van der Waals surface area contributed by atoms with Crippen molar-refractivity contribution < 1.29 is 13.2 Å². The van der Waals surface area contributed by atoms with E-state index in [0.29, 0.717) is 24.2 Å². The van der Waals surface area contributed by atoms with Crippen LogP contribution < -0.4 is 5.73 Å². The molecule has 114 valence electrons. The van der Waals surface area contributed by atoms with Crippen LogP contribution in [-0.2, 0) is 20.5 Å². The number of nitrogens with zero attached hydrogens (tertiary/aromatic N) is 1. The molecule has 0 amide bonds. The zero-order valence-electron chi connectivity index (χ0n) is 11.6. The molecule has 7 heteroatoms. The third-order valence-corrected chi connectivity index (χ3v) is 6.00. The molecule has 0 saturated carbocycles. The predicted octanol–water partition coefficient (Wildman–Crippen LogP) is 1.01. The van der Waals surface area contributed by atoms with E-state index in [0.717, 1.165) is 12.8 Å². The van der Waals surface area contributed by atoms with Gasteiger partial charge in [0.15, 0.2) is 0 Å². The number of morpholine rings is 1. The van der Waals surface area contributed by atoms with Crippen molar-refractivity contribution in [2.24, 2.45) is 5.73 Å². The van der Waals surface area contributed by atoms with Crippen LogP contribution in [0.4, 0.5) is 0 Å². The number of fused-ring (bicyclic) bond motifs is 2. The summed E-state index contributed by atoms with van der Waals surface area (Å²) in [5.41, 5.74) is 6.96. The average Bonchev–Trinajstić information content (AvgIpc) is 2.77. The summed E-state index contributed by atoms with van der Waals surface area (Å²) in [6, 6.07) is 7.13. The lowest BCUT2D eigenvalue weighted by molar-refractivity contribution is -0.0115. The van der Waals surface area contributed by atoms with Crippen molar-refractivity contribution in [1.29, 1.82) is 0 Å². The first-order valence-electron chi connectivity index (χ1n) is 6.97. The fraction of sp³-hybridized carbons (Fsp3) is 0.500. The van der Waals surface area contributed by atoms with Crippen LogP contribution in [0.5, 0.6) is 0 Å². The van der Waals surface area contributed by atoms with Crippen LogP contribution in [-0.4, -0.2) is 43.0 Å². The molecular weight excluding hydrogens is 308 g/mol. The summed E-state index contributed by atoms with van der Waals surface area (Å²) in [7, 11) is -3.38. The number of rotatable bonds is 4. The lowest BCUT2D eigenvalue weighted by atomic mass is 10.1. The van der Waals surface area contributed by atoms with E-state index in [-0.39, 0.29) is 22.9 Å². The molecule has 2 N–H and O–H groups in total. The molecule has 0 spiro atoms. The molecular formula is C14H18N2O3S2. The van der Waals surface area contributed by atoms with E-state index < -0.39 is 10.0 Å². The topological polar surface area (TPSA) is 72.6 Å². The Hall–Kier alpha value is -1.02. The first-order chi connectivity index (χ1) is 9.95. The van der Waals surface area contributed by atoms with Gasteiger partial charge in [0, 0.05) is 18.7 Å². The van der Waals surface area contributed by atoms with E-state index in [2.05, 4.69) is 0 Å². The Balaban J connectivity index is 1.82. The molecule has 3 rings (SSSR count). The standard InChI is InChI=1S/C14H18N2O3S2/c15-14(20)13-4-2-1-3-10(13)9-21(17,18)16-7-11-5-6-12(8-16)19-11/h1-4,11-12H,5-9H2,(H2,15,20). The van der Waals surface area contributed by atoms with Crippen molar-refractivity contribution in [1.82, 2.24) is 4.31 Å². The van der Waals surface area contributed by atoms with Gasteiger partial charge in [-0.1, -0.05) is 36.5 Å². The van der Waals surface area contributed by atoms with Crippen molar-refractivity contribution in [3.05, 3.63) is 35.4 Å². The molecule has 2 heterocycles. The quantitative estimate of drug-likeness (QED) is 0.836. The molecule has 2 fully saturated rings. The van der Waals surface area contributed by atoms with Gasteiger partial charge in [-0.2, -0.15) is 4.31 Å². The van der Waals surface area contributed by atoms with E-state index in [1.807, 2.05) is 0 Å². The number of sulfonamides is 1. The minimum absolute atomic E-state index is 0.0457. The van der Waals surface area contributed by atoms with Crippen LogP contribution >= 0.6 is 12.2 Å². The van der Waals surface area contributed by atoms with Crippen molar-refractivity contribution >= 4 is 27.2 Å². The van der Waals surface area contributed by atoms with Crippen LogP contribution in [0.3, 0.4) is 0 Å². The minimum Gasteiger partial charge on any atom is -0.389 e. The minimum atomic E-state index is -3.38. The summed E-state index contributed by atoms with van der Waals surface area (Å²) in [6.07, 6.45) is 1.98. The lowest BCUT2D eigenvalue weighted by Crippen LogP contribution is -2.46. The maximum absolute atomic E-state index is 12.6. The highest BCUT2D eigenvalue weighted by atomic mass is 32.2. The number of benzene rings is 1. The molecule has 0 aliphatic carbocycles. The first-order valence-corrected chi connectivity index (χ1v) is 8.98. The van der Waals surface area contributed by atoms with E-state index in [9.17, 15) is 8.42 Å². The molecule has 2 bridgehead atoms. The number of ether oxygens (including phenoxy) is 1. The van der Waals surface area contributed by atoms with Gasteiger partial charge in [-0.15, -0.1) is 0 Å². The highest BCUT2D eigenvalue weighted by Gasteiger charge is 2.38. The van der Waals surface area contributed by atoms with Crippen LogP contribution in [0.15, 0.2) is 24.3 Å². The monoisotopic (exact) mass is 326 g/mol. The fourth-order valence-electron chi connectivity index (χ4n) is 2.98. The van der Waals surface area contributed by atoms with Gasteiger partial charge >= 0.3 is 0 Å². The van der Waals surface area contributed by atoms with Gasteiger partial charge in [0.25, 0.3) is 0 Å². The van der Waals surface area contributed by atoms with Crippen LogP contribution in [0.1, 0.15) is 24.0 Å².